The molecule has 108 valence electrons. The van der Waals surface area contributed by atoms with Gasteiger partial charge in [0, 0.05) is 24.7 Å². The van der Waals surface area contributed by atoms with Crippen molar-refractivity contribution in [3.8, 4) is 0 Å². The standard InChI is InChI=1S/C15H32N2O/c1-12-7-8-17(13(12)9-18)11-15(5,6)10-16-14(2,3)4/h12-13,16,18H,7-11H2,1-6H3. The molecule has 0 aromatic rings. The minimum atomic E-state index is 0.173. The van der Waals surface area contributed by atoms with Crippen molar-refractivity contribution in [2.45, 2.75) is 59.5 Å². The summed E-state index contributed by atoms with van der Waals surface area (Å²) in [4.78, 5) is 2.47. The predicted octanol–water partition coefficient (Wildman–Crippen LogP) is 2.10. The van der Waals surface area contributed by atoms with E-state index in [9.17, 15) is 5.11 Å². The van der Waals surface area contributed by atoms with Gasteiger partial charge in [-0.05, 0) is 45.1 Å². The quantitative estimate of drug-likeness (QED) is 0.791. The van der Waals surface area contributed by atoms with Gasteiger partial charge in [0.1, 0.15) is 0 Å². The molecule has 0 aromatic heterocycles. The molecule has 0 saturated carbocycles. The molecule has 0 radical (unpaired) electrons. The molecule has 2 unspecified atom stereocenters. The van der Waals surface area contributed by atoms with E-state index in [1.165, 1.54) is 6.42 Å². The Hall–Kier alpha value is -0.120. The van der Waals surface area contributed by atoms with E-state index in [2.05, 4.69) is 51.8 Å². The van der Waals surface area contributed by atoms with E-state index in [0.29, 0.717) is 18.6 Å². The molecule has 18 heavy (non-hydrogen) atoms. The van der Waals surface area contributed by atoms with Crippen molar-refractivity contribution in [2.75, 3.05) is 26.2 Å². The third-order valence-electron chi connectivity index (χ3n) is 3.91. The summed E-state index contributed by atoms with van der Waals surface area (Å²) >= 11 is 0. The van der Waals surface area contributed by atoms with Gasteiger partial charge in [0.05, 0.1) is 6.61 Å². The molecule has 3 nitrogen and oxygen atoms in total. The van der Waals surface area contributed by atoms with E-state index >= 15 is 0 Å². The van der Waals surface area contributed by atoms with E-state index in [-0.39, 0.29) is 11.0 Å². The van der Waals surface area contributed by atoms with E-state index < -0.39 is 0 Å². The van der Waals surface area contributed by atoms with Crippen LogP contribution in [0.2, 0.25) is 0 Å². The fourth-order valence-corrected chi connectivity index (χ4v) is 2.69. The zero-order chi connectivity index (χ0) is 14.0. The van der Waals surface area contributed by atoms with Gasteiger partial charge >= 0.3 is 0 Å². The van der Waals surface area contributed by atoms with E-state index in [4.69, 9.17) is 0 Å². The highest BCUT2D eigenvalue weighted by Crippen LogP contribution is 2.27. The Morgan fingerprint density at radius 1 is 1.22 bits per heavy atom. The molecule has 0 spiro atoms. The van der Waals surface area contributed by atoms with Crippen molar-refractivity contribution in [1.82, 2.24) is 10.2 Å². The van der Waals surface area contributed by atoms with Crippen LogP contribution in [0.25, 0.3) is 0 Å². The van der Waals surface area contributed by atoms with Crippen molar-refractivity contribution in [2.24, 2.45) is 11.3 Å². The van der Waals surface area contributed by atoms with Crippen LogP contribution in [0.3, 0.4) is 0 Å². The summed E-state index contributed by atoms with van der Waals surface area (Å²) in [5, 5.41) is 13.1. The highest BCUT2D eigenvalue weighted by Gasteiger charge is 2.34. The molecule has 1 rings (SSSR count). The molecule has 1 heterocycles. The first-order valence-electron chi connectivity index (χ1n) is 7.24. The van der Waals surface area contributed by atoms with Crippen LogP contribution in [-0.4, -0.2) is 47.8 Å². The van der Waals surface area contributed by atoms with Gasteiger partial charge in [0.2, 0.25) is 0 Å². The Balaban J connectivity index is 2.49. The van der Waals surface area contributed by atoms with Crippen LogP contribution in [0.5, 0.6) is 0 Å². The maximum absolute atomic E-state index is 9.51. The van der Waals surface area contributed by atoms with Crippen LogP contribution in [-0.2, 0) is 0 Å². The monoisotopic (exact) mass is 256 g/mol. The topological polar surface area (TPSA) is 35.5 Å². The molecule has 2 atom stereocenters. The largest absolute Gasteiger partial charge is 0.395 e. The summed E-state index contributed by atoms with van der Waals surface area (Å²) < 4.78 is 0. The molecular weight excluding hydrogens is 224 g/mol. The van der Waals surface area contributed by atoms with Gasteiger partial charge in [0.15, 0.2) is 0 Å². The fraction of sp³-hybridized carbons (Fsp3) is 1.00. The first-order valence-corrected chi connectivity index (χ1v) is 7.24. The van der Waals surface area contributed by atoms with Crippen molar-refractivity contribution in [1.29, 1.82) is 0 Å². The van der Waals surface area contributed by atoms with E-state index in [1.54, 1.807) is 0 Å². The minimum absolute atomic E-state index is 0.173. The summed E-state index contributed by atoms with van der Waals surface area (Å²) in [5.74, 6) is 0.626. The van der Waals surface area contributed by atoms with Crippen LogP contribution in [0.1, 0.15) is 48.0 Å². The molecule has 3 heteroatoms. The lowest BCUT2D eigenvalue weighted by molar-refractivity contribution is 0.0993. The zero-order valence-electron chi connectivity index (χ0n) is 13.1. The second kappa shape index (κ2) is 5.89. The lowest BCUT2D eigenvalue weighted by Gasteiger charge is -2.36. The number of aliphatic hydroxyl groups excluding tert-OH is 1. The molecule has 1 aliphatic rings. The Labute approximate surface area is 113 Å². The average Bonchev–Trinajstić information content (AvgIpc) is 2.55. The first-order chi connectivity index (χ1) is 8.14. The summed E-state index contributed by atoms with van der Waals surface area (Å²) in [6.45, 7) is 17.0. The van der Waals surface area contributed by atoms with Gasteiger partial charge in [-0.25, -0.2) is 0 Å². The van der Waals surface area contributed by atoms with E-state index in [0.717, 1.165) is 19.6 Å². The van der Waals surface area contributed by atoms with Crippen molar-refractivity contribution in [3.05, 3.63) is 0 Å². The molecule has 0 aliphatic carbocycles. The molecular formula is C15H32N2O. The second-order valence-corrected chi connectivity index (χ2v) is 7.75. The number of nitrogens with one attached hydrogen (secondary N) is 1. The number of hydrogen-bond acceptors (Lipinski definition) is 3. The van der Waals surface area contributed by atoms with Gasteiger partial charge in [-0.1, -0.05) is 20.8 Å². The van der Waals surface area contributed by atoms with Crippen LogP contribution >= 0.6 is 0 Å². The molecule has 1 saturated heterocycles. The molecule has 2 N–H and O–H groups in total. The van der Waals surface area contributed by atoms with E-state index in [1.807, 2.05) is 0 Å². The van der Waals surface area contributed by atoms with Gasteiger partial charge in [-0.3, -0.25) is 4.90 Å². The second-order valence-electron chi connectivity index (χ2n) is 7.75. The lowest BCUT2D eigenvalue weighted by Crippen LogP contribution is -2.48. The summed E-state index contributed by atoms with van der Waals surface area (Å²) in [6.07, 6.45) is 1.22. The Kier molecular flexibility index (Phi) is 5.22. The summed E-state index contributed by atoms with van der Waals surface area (Å²) in [5.41, 5.74) is 0.413. The van der Waals surface area contributed by atoms with Gasteiger partial charge in [0.25, 0.3) is 0 Å². The number of nitrogens with zero attached hydrogens (tertiary/aromatic N) is 1. The van der Waals surface area contributed by atoms with Crippen molar-refractivity contribution < 1.29 is 5.11 Å². The smallest absolute Gasteiger partial charge is 0.0589 e. The highest BCUT2D eigenvalue weighted by atomic mass is 16.3. The molecule has 1 fully saturated rings. The van der Waals surface area contributed by atoms with Crippen LogP contribution in [0.15, 0.2) is 0 Å². The SMILES string of the molecule is CC1CCN(CC(C)(C)CNC(C)(C)C)C1CO. The Morgan fingerprint density at radius 2 is 1.83 bits per heavy atom. The molecule has 1 aliphatic heterocycles. The van der Waals surface area contributed by atoms with Crippen molar-refractivity contribution in [3.63, 3.8) is 0 Å². The van der Waals surface area contributed by atoms with Gasteiger partial charge < -0.3 is 10.4 Å². The maximum Gasteiger partial charge on any atom is 0.0589 e. The van der Waals surface area contributed by atoms with Crippen LogP contribution in [0.4, 0.5) is 0 Å². The number of aliphatic hydroxyl groups is 1. The Bertz CT molecular complexity index is 258. The number of likely N-dealkylation sites (tertiary alicyclic amines) is 1. The summed E-state index contributed by atoms with van der Waals surface area (Å²) in [7, 11) is 0. The fourth-order valence-electron chi connectivity index (χ4n) is 2.69. The van der Waals surface area contributed by atoms with Gasteiger partial charge in [-0.15, -0.1) is 0 Å². The number of rotatable bonds is 5. The maximum atomic E-state index is 9.51. The third kappa shape index (κ3) is 4.87. The average molecular weight is 256 g/mol. The first kappa shape index (κ1) is 15.9. The minimum Gasteiger partial charge on any atom is -0.395 e. The zero-order valence-corrected chi connectivity index (χ0v) is 13.1. The predicted molar refractivity (Wildman–Crippen MR) is 77.8 cm³/mol. The van der Waals surface area contributed by atoms with Crippen molar-refractivity contribution >= 4 is 0 Å². The normalized spacial score (nSPS) is 26.8. The van der Waals surface area contributed by atoms with Crippen LogP contribution < -0.4 is 5.32 Å². The number of hydrogen-bond donors (Lipinski definition) is 2. The molecule has 0 amide bonds. The highest BCUT2D eigenvalue weighted by molar-refractivity contribution is 4.89. The third-order valence-corrected chi connectivity index (χ3v) is 3.91. The Morgan fingerprint density at radius 3 is 2.33 bits per heavy atom. The summed E-state index contributed by atoms with van der Waals surface area (Å²) in [6, 6.07) is 0.360. The molecule has 0 bridgehead atoms. The van der Waals surface area contributed by atoms with Gasteiger partial charge in [-0.2, -0.15) is 0 Å². The lowest BCUT2D eigenvalue weighted by atomic mass is 9.90. The molecule has 0 aromatic carbocycles. The van der Waals surface area contributed by atoms with Crippen LogP contribution in [0, 0.1) is 11.3 Å².